The van der Waals surface area contributed by atoms with Crippen molar-refractivity contribution in [3.63, 3.8) is 0 Å². The monoisotopic (exact) mass is 265 g/mol. The second-order valence-electron chi connectivity index (χ2n) is 4.15. The highest BCUT2D eigenvalue weighted by Gasteiger charge is 2.22. The number of carbonyl (C=O) groups excluding carboxylic acids is 1. The van der Waals surface area contributed by atoms with Crippen molar-refractivity contribution in [3.05, 3.63) is 35.4 Å². The zero-order valence-electron chi connectivity index (χ0n) is 10.3. The van der Waals surface area contributed by atoms with E-state index in [4.69, 9.17) is 14.6 Å². The van der Waals surface area contributed by atoms with Gasteiger partial charge in [0, 0.05) is 6.54 Å². The first-order valence-corrected chi connectivity index (χ1v) is 5.96. The van der Waals surface area contributed by atoms with Crippen molar-refractivity contribution in [2.45, 2.75) is 12.6 Å². The van der Waals surface area contributed by atoms with Gasteiger partial charge in [0.15, 0.2) is 6.10 Å². The molecule has 1 atom stereocenters. The minimum atomic E-state index is -0.969. The maximum Gasteiger partial charge on any atom is 0.335 e. The van der Waals surface area contributed by atoms with Gasteiger partial charge in [-0.3, -0.25) is 4.79 Å². The van der Waals surface area contributed by atoms with Gasteiger partial charge in [-0.15, -0.1) is 0 Å². The Kier molecular flexibility index (Phi) is 4.48. The van der Waals surface area contributed by atoms with E-state index < -0.39 is 12.1 Å². The SMILES string of the molecule is O=C(O)c1ccc(CNC(=O)C2COCCO2)cc1. The first kappa shape index (κ1) is 13.5. The minimum absolute atomic E-state index is 0.220. The molecule has 6 nitrogen and oxygen atoms in total. The molecule has 1 unspecified atom stereocenters. The van der Waals surface area contributed by atoms with Crippen molar-refractivity contribution in [3.8, 4) is 0 Å². The van der Waals surface area contributed by atoms with Gasteiger partial charge in [-0.25, -0.2) is 4.79 Å². The van der Waals surface area contributed by atoms with Crippen molar-refractivity contribution in [2.75, 3.05) is 19.8 Å². The quantitative estimate of drug-likeness (QED) is 0.824. The lowest BCUT2D eigenvalue weighted by Gasteiger charge is -2.22. The van der Waals surface area contributed by atoms with Crippen LogP contribution in [0.25, 0.3) is 0 Å². The largest absolute Gasteiger partial charge is 0.478 e. The summed E-state index contributed by atoms with van der Waals surface area (Å²) in [5.74, 6) is -1.19. The zero-order chi connectivity index (χ0) is 13.7. The van der Waals surface area contributed by atoms with Crippen LogP contribution in [-0.2, 0) is 20.8 Å². The number of nitrogens with one attached hydrogen (secondary N) is 1. The predicted octanol–water partition coefficient (Wildman–Crippen LogP) is 0.416. The summed E-state index contributed by atoms with van der Waals surface area (Å²) in [5.41, 5.74) is 1.05. The fraction of sp³-hybridized carbons (Fsp3) is 0.385. The van der Waals surface area contributed by atoms with E-state index in [0.717, 1.165) is 5.56 Å². The standard InChI is InChI=1S/C13H15NO5/c15-12(11-8-18-5-6-19-11)14-7-9-1-3-10(4-2-9)13(16)17/h1-4,11H,5-8H2,(H,14,15)(H,16,17). The molecular formula is C13H15NO5. The molecule has 1 aliphatic rings. The number of benzene rings is 1. The van der Waals surface area contributed by atoms with Crippen LogP contribution in [0.3, 0.4) is 0 Å². The van der Waals surface area contributed by atoms with Gasteiger partial charge in [0.2, 0.25) is 0 Å². The highest BCUT2D eigenvalue weighted by Crippen LogP contribution is 2.05. The van der Waals surface area contributed by atoms with E-state index >= 15 is 0 Å². The fourth-order valence-corrected chi connectivity index (χ4v) is 1.71. The molecule has 0 bridgehead atoms. The maximum absolute atomic E-state index is 11.7. The molecule has 1 aliphatic heterocycles. The Labute approximate surface area is 110 Å². The van der Waals surface area contributed by atoms with Crippen molar-refractivity contribution >= 4 is 11.9 Å². The summed E-state index contributed by atoms with van der Waals surface area (Å²) in [6.45, 7) is 1.54. The number of hydrogen-bond acceptors (Lipinski definition) is 4. The summed E-state index contributed by atoms with van der Waals surface area (Å²) < 4.78 is 10.4. The number of hydrogen-bond donors (Lipinski definition) is 2. The Balaban J connectivity index is 1.84. The van der Waals surface area contributed by atoms with Gasteiger partial charge in [0.25, 0.3) is 5.91 Å². The molecule has 0 aliphatic carbocycles. The Morgan fingerprint density at radius 2 is 2.00 bits per heavy atom. The van der Waals surface area contributed by atoms with Crippen molar-refractivity contribution in [1.82, 2.24) is 5.32 Å². The molecule has 0 spiro atoms. The Morgan fingerprint density at radius 1 is 1.26 bits per heavy atom. The van der Waals surface area contributed by atoms with Crippen LogP contribution < -0.4 is 5.32 Å². The molecule has 0 saturated carbocycles. The summed E-state index contributed by atoms with van der Waals surface area (Å²) >= 11 is 0. The first-order chi connectivity index (χ1) is 9.16. The Bertz CT molecular complexity index is 451. The molecule has 102 valence electrons. The van der Waals surface area contributed by atoms with Crippen LogP contribution >= 0.6 is 0 Å². The highest BCUT2D eigenvalue weighted by molar-refractivity contribution is 5.87. The van der Waals surface area contributed by atoms with E-state index in [1.807, 2.05) is 0 Å². The normalized spacial score (nSPS) is 18.8. The molecule has 0 aromatic heterocycles. The minimum Gasteiger partial charge on any atom is -0.478 e. The van der Waals surface area contributed by atoms with Crippen molar-refractivity contribution in [1.29, 1.82) is 0 Å². The number of amides is 1. The van der Waals surface area contributed by atoms with Gasteiger partial charge in [-0.05, 0) is 17.7 Å². The van der Waals surface area contributed by atoms with Gasteiger partial charge in [0.1, 0.15) is 0 Å². The third-order valence-electron chi connectivity index (χ3n) is 2.78. The van der Waals surface area contributed by atoms with Gasteiger partial charge < -0.3 is 19.9 Å². The van der Waals surface area contributed by atoms with Crippen molar-refractivity contribution in [2.24, 2.45) is 0 Å². The van der Waals surface area contributed by atoms with E-state index in [1.165, 1.54) is 12.1 Å². The van der Waals surface area contributed by atoms with E-state index in [0.29, 0.717) is 19.8 Å². The topological polar surface area (TPSA) is 84.9 Å². The average Bonchev–Trinajstić information content (AvgIpc) is 2.46. The van der Waals surface area contributed by atoms with Crippen LogP contribution in [-0.4, -0.2) is 42.9 Å². The van der Waals surface area contributed by atoms with E-state index in [-0.39, 0.29) is 18.1 Å². The molecule has 1 aromatic carbocycles. The number of aromatic carboxylic acids is 1. The predicted molar refractivity (Wildman–Crippen MR) is 65.8 cm³/mol. The summed E-state index contributed by atoms with van der Waals surface area (Å²) in [7, 11) is 0. The van der Waals surface area contributed by atoms with Crippen LogP contribution in [0, 0.1) is 0 Å². The van der Waals surface area contributed by atoms with Crippen LogP contribution in [0.1, 0.15) is 15.9 Å². The molecule has 6 heteroatoms. The van der Waals surface area contributed by atoms with Gasteiger partial charge in [-0.2, -0.15) is 0 Å². The molecule has 1 heterocycles. The second kappa shape index (κ2) is 6.31. The van der Waals surface area contributed by atoms with Crippen LogP contribution in [0.15, 0.2) is 24.3 Å². The number of ether oxygens (including phenoxy) is 2. The molecule has 2 rings (SSSR count). The summed E-state index contributed by atoms with van der Waals surface area (Å²) in [4.78, 5) is 22.4. The molecule has 1 fully saturated rings. The lowest BCUT2D eigenvalue weighted by molar-refractivity contribution is -0.147. The summed E-state index contributed by atoms with van der Waals surface area (Å²) in [6, 6.07) is 6.35. The molecule has 1 saturated heterocycles. The molecular weight excluding hydrogens is 250 g/mol. The molecule has 0 radical (unpaired) electrons. The summed E-state index contributed by atoms with van der Waals surface area (Å²) in [6.07, 6.45) is -0.563. The van der Waals surface area contributed by atoms with Gasteiger partial charge in [0.05, 0.1) is 25.4 Å². The lowest BCUT2D eigenvalue weighted by Crippen LogP contribution is -2.42. The van der Waals surface area contributed by atoms with Gasteiger partial charge >= 0.3 is 5.97 Å². The zero-order valence-corrected chi connectivity index (χ0v) is 10.3. The second-order valence-corrected chi connectivity index (χ2v) is 4.15. The number of carboxylic acid groups (broad SMARTS) is 1. The molecule has 1 amide bonds. The first-order valence-electron chi connectivity index (χ1n) is 5.96. The maximum atomic E-state index is 11.7. The lowest BCUT2D eigenvalue weighted by atomic mass is 10.1. The third kappa shape index (κ3) is 3.77. The summed E-state index contributed by atoms with van der Waals surface area (Å²) in [5, 5.41) is 11.5. The van der Waals surface area contributed by atoms with E-state index in [2.05, 4.69) is 5.32 Å². The van der Waals surface area contributed by atoms with E-state index in [9.17, 15) is 9.59 Å². The fourth-order valence-electron chi connectivity index (χ4n) is 1.71. The van der Waals surface area contributed by atoms with Crippen LogP contribution in [0.2, 0.25) is 0 Å². The van der Waals surface area contributed by atoms with E-state index in [1.54, 1.807) is 12.1 Å². The number of carboxylic acids is 1. The average molecular weight is 265 g/mol. The molecule has 19 heavy (non-hydrogen) atoms. The number of rotatable bonds is 4. The Morgan fingerprint density at radius 3 is 2.58 bits per heavy atom. The third-order valence-corrected chi connectivity index (χ3v) is 2.78. The van der Waals surface area contributed by atoms with Crippen LogP contribution in [0.4, 0.5) is 0 Å². The van der Waals surface area contributed by atoms with Crippen molar-refractivity contribution < 1.29 is 24.2 Å². The molecule has 1 aromatic rings. The molecule has 2 N–H and O–H groups in total. The Hall–Kier alpha value is -1.92. The smallest absolute Gasteiger partial charge is 0.335 e. The number of carbonyl (C=O) groups is 2. The highest BCUT2D eigenvalue weighted by atomic mass is 16.6. The van der Waals surface area contributed by atoms with Gasteiger partial charge in [-0.1, -0.05) is 12.1 Å². The van der Waals surface area contributed by atoms with Crippen LogP contribution in [0.5, 0.6) is 0 Å².